The Morgan fingerprint density at radius 2 is 2.10 bits per heavy atom. The smallest absolute Gasteiger partial charge is 0.255 e. The summed E-state index contributed by atoms with van der Waals surface area (Å²) in [6, 6.07) is 10.8. The molecule has 0 unspecified atom stereocenters. The van der Waals surface area contributed by atoms with E-state index in [-0.39, 0.29) is 5.91 Å². The summed E-state index contributed by atoms with van der Waals surface area (Å²) in [7, 11) is 1.56. The van der Waals surface area contributed by atoms with Crippen molar-refractivity contribution in [3.05, 3.63) is 53.7 Å². The molecular weight excluding hydrogens is 268 g/mol. The topological polar surface area (TPSA) is 60.5 Å². The third-order valence-corrected chi connectivity index (χ3v) is 2.89. The standard InChI is InChI=1S/C16H18N2O3/c1-3-21-14-7-5-4-6-13(14)16(19)18-11-12-8-9-17-15(10-12)20-2/h4-10H,3,11H2,1-2H3,(H,18,19). The number of nitrogens with one attached hydrogen (secondary N) is 1. The number of hydrogen-bond acceptors (Lipinski definition) is 4. The number of ether oxygens (including phenoxy) is 2. The Hall–Kier alpha value is -2.56. The maximum Gasteiger partial charge on any atom is 0.255 e. The van der Waals surface area contributed by atoms with E-state index in [0.29, 0.717) is 30.3 Å². The van der Waals surface area contributed by atoms with E-state index in [2.05, 4.69) is 10.3 Å². The van der Waals surface area contributed by atoms with Crippen LogP contribution in [0.25, 0.3) is 0 Å². The third kappa shape index (κ3) is 3.95. The van der Waals surface area contributed by atoms with Crippen molar-refractivity contribution in [2.75, 3.05) is 13.7 Å². The molecule has 5 nitrogen and oxygen atoms in total. The number of methoxy groups -OCH3 is 1. The van der Waals surface area contributed by atoms with Crippen molar-refractivity contribution < 1.29 is 14.3 Å². The second kappa shape index (κ2) is 7.28. The number of hydrogen-bond donors (Lipinski definition) is 1. The summed E-state index contributed by atoms with van der Waals surface area (Å²) < 4.78 is 10.5. The van der Waals surface area contributed by atoms with Crippen molar-refractivity contribution in [1.82, 2.24) is 10.3 Å². The van der Waals surface area contributed by atoms with Gasteiger partial charge in [-0.1, -0.05) is 12.1 Å². The van der Waals surface area contributed by atoms with Gasteiger partial charge in [0.1, 0.15) is 5.75 Å². The average Bonchev–Trinajstić information content (AvgIpc) is 2.53. The SMILES string of the molecule is CCOc1ccccc1C(=O)NCc1ccnc(OC)c1. The van der Waals surface area contributed by atoms with Crippen LogP contribution in [0.15, 0.2) is 42.6 Å². The lowest BCUT2D eigenvalue weighted by molar-refractivity contribution is 0.0947. The normalized spacial score (nSPS) is 10.0. The minimum absolute atomic E-state index is 0.171. The highest BCUT2D eigenvalue weighted by atomic mass is 16.5. The van der Waals surface area contributed by atoms with E-state index in [1.165, 1.54) is 0 Å². The predicted molar refractivity (Wildman–Crippen MR) is 79.6 cm³/mol. The largest absolute Gasteiger partial charge is 0.493 e. The van der Waals surface area contributed by atoms with Crippen molar-refractivity contribution in [3.8, 4) is 11.6 Å². The van der Waals surface area contributed by atoms with Gasteiger partial charge in [0.05, 0.1) is 19.3 Å². The van der Waals surface area contributed by atoms with E-state index < -0.39 is 0 Å². The molecule has 1 amide bonds. The molecule has 2 aromatic rings. The molecule has 1 heterocycles. The summed E-state index contributed by atoms with van der Waals surface area (Å²) in [5.74, 6) is 0.941. The van der Waals surface area contributed by atoms with Crippen LogP contribution in [0.5, 0.6) is 11.6 Å². The zero-order valence-corrected chi connectivity index (χ0v) is 12.1. The van der Waals surface area contributed by atoms with Gasteiger partial charge in [-0.2, -0.15) is 0 Å². The molecule has 2 rings (SSSR count). The van der Waals surface area contributed by atoms with E-state index >= 15 is 0 Å². The van der Waals surface area contributed by atoms with Gasteiger partial charge in [-0.05, 0) is 30.7 Å². The lowest BCUT2D eigenvalue weighted by Gasteiger charge is -2.10. The molecule has 0 aliphatic rings. The zero-order chi connectivity index (χ0) is 15.1. The molecule has 0 aliphatic carbocycles. The van der Waals surface area contributed by atoms with Crippen LogP contribution in [0, 0.1) is 0 Å². The molecule has 0 saturated carbocycles. The summed E-state index contributed by atoms with van der Waals surface area (Å²) >= 11 is 0. The summed E-state index contributed by atoms with van der Waals surface area (Å²) in [5, 5.41) is 2.86. The molecule has 1 N–H and O–H groups in total. The van der Waals surface area contributed by atoms with Gasteiger partial charge in [0.15, 0.2) is 0 Å². The minimum Gasteiger partial charge on any atom is -0.493 e. The molecule has 0 fully saturated rings. The first-order valence-electron chi connectivity index (χ1n) is 6.73. The van der Waals surface area contributed by atoms with Gasteiger partial charge in [0.25, 0.3) is 5.91 Å². The molecule has 21 heavy (non-hydrogen) atoms. The number of rotatable bonds is 6. The first kappa shape index (κ1) is 14.8. The molecule has 1 aromatic carbocycles. The van der Waals surface area contributed by atoms with Crippen molar-refractivity contribution in [2.24, 2.45) is 0 Å². The third-order valence-electron chi connectivity index (χ3n) is 2.89. The maximum absolute atomic E-state index is 12.2. The number of carbonyl (C=O) groups is 1. The highest BCUT2D eigenvalue weighted by molar-refractivity contribution is 5.96. The number of pyridine rings is 1. The average molecular weight is 286 g/mol. The monoisotopic (exact) mass is 286 g/mol. The second-order valence-electron chi connectivity index (χ2n) is 4.32. The second-order valence-corrected chi connectivity index (χ2v) is 4.32. The highest BCUT2D eigenvalue weighted by Gasteiger charge is 2.11. The molecule has 0 saturated heterocycles. The molecule has 0 radical (unpaired) electrons. The fourth-order valence-electron chi connectivity index (χ4n) is 1.89. The fraction of sp³-hybridized carbons (Fsp3) is 0.250. The fourth-order valence-corrected chi connectivity index (χ4v) is 1.89. The molecule has 110 valence electrons. The van der Waals surface area contributed by atoms with Crippen molar-refractivity contribution >= 4 is 5.91 Å². The van der Waals surface area contributed by atoms with Crippen LogP contribution < -0.4 is 14.8 Å². The number of para-hydroxylation sites is 1. The number of aromatic nitrogens is 1. The van der Waals surface area contributed by atoms with Gasteiger partial charge in [0, 0.05) is 18.8 Å². The van der Waals surface area contributed by atoms with Crippen molar-refractivity contribution in [3.63, 3.8) is 0 Å². The van der Waals surface area contributed by atoms with E-state index in [9.17, 15) is 4.79 Å². The molecule has 0 bridgehead atoms. The number of amides is 1. The van der Waals surface area contributed by atoms with Gasteiger partial charge >= 0.3 is 0 Å². The summed E-state index contributed by atoms with van der Waals surface area (Å²) in [4.78, 5) is 16.3. The molecule has 0 spiro atoms. The van der Waals surface area contributed by atoms with Crippen LogP contribution in [-0.2, 0) is 6.54 Å². The molecule has 0 aliphatic heterocycles. The van der Waals surface area contributed by atoms with Gasteiger partial charge in [-0.25, -0.2) is 4.98 Å². The molecule has 1 aromatic heterocycles. The van der Waals surface area contributed by atoms with E-state index in [1.54, 1.807) is 31.5 Å². The van der Waals surface area contributed by atoms with Crippen molar-refractivity contribution in [2.45, 2.75) is 13.5 Å². The van der Waals surface area contributed by atoms with Crippen molar-refractivity contribution in [1.29, 1.82) is 0 Å². The van der Waals surface area contributed by atoms with Gasteiger partial charge in [-0.15, -0.1) is 0 Å². The Labute approximate surface area is 123 Å². The minimum atomic E-state index is -0.171. The molecule has 5 heteroatoms. The zero-order valence-electron chi connectivity index (χ0n) is 12.1. The van der Waals surface area contributed by atoms with Crippen LogP contribution in [0.1, 0.15) is 22.8 Å². The quantitative estimate of drug-likeness (QED) is 0.886. The first-order valence-corrected chi connectivity index (χ1v) is 6.73. The Morgan fingerprint density at radius 3 is 2.86 bits per heavy atom. The summed E-state index contributed by atoms with van der Waals surface area (Å²) in [5.41, 5.74) is 1.45. The first-order chi connectivity index (χ1) is 10.2. The summed E-state index contributed by atoms with van der Waals surface area (Å²) in [6.45, 7) is 2.81. The Kier molecular flexibility index (Phi) is 5.15. The lowest BCUT2D eigenvalue weighted by Crippen LogP contribution is -2.23. The molecule has 0 atom stereocenters. The number of carbonyl (C=O) groups excluding carboxylic acids is 1. The Morgan fingerprint density at radius 1 is 1.29 bits per heavy atom. The summed E-state index contributed by atoms with van der Waals surface area (Å²) in [6.07, 6.45) is 1.65. The van der Waals surface area contributed by atoms with E-state index in [4.69, 9.17) is 9.47 Å². The van der Waals surface area contributed by atoms with Crippen LogP contribution in [-0.4, -0.2) is 24.6 Å². The van der Waals surface area contributed by atoms with E-state index in [1.807, 2.05) is 25.1 Å². The lowest BCUT2D eigenvalue weighted by atomic mass is 10.2. The number of benzene rings is 1. The predicted octanol–water partition coefficient (Wildman–Crippen LogP) is 2.42. The number of nitrogens with zero attached hydrogens (tertiary/aromatic N) is 1. The maximum atomic E-state index is 12.2. The van der Waals surface area contributed by atoms with Gasteiger partial charge in [0.2, 0.25) is 5.88 Å². The van der Waals surface area contributed by atoms with Gasteiger partial charge < -0.3 is 14.8 Å². The van der Waals surface area contributed by atoms with Gasteiger partial charge in [-0.3, -0.25) is 4.79 Å². The van der Waals surface area contributed by atoms with Crippen LogP contribution >= 0.6 is 0 Å². The van der Waals surface area contributed by atoms with E-state index in [0.717, 1.165) is 5.56 Å². The van der Waals surface area contributed by atoms with Crippen LogP contribution in [0.4, 0.5) is 0 Å². The van der Waals surface area contributed by atoms with Crippen LogP contribution in [0.3, 0.4) is 0 Å². The Bertz CT molecular complexity index is 614. The Balaban J connectivity index is 2.04. The molecular formula is C16H18N2O3. The van der Waals surface area contributed by atoms with Crippen LogP contribution in [0.2, 0.25) is 0 Å². The highest BCUT2D eigenvalue weighted by Crippen LogP contribution is 2.18.